The topological polar surface area (TPSA) is 64.0 Å². The van der Waals surface area contributed by atoms with Gasteiger partial charge in [-0.15, -0.1) is 11.3 Å². The zero-order valence-corrected chi connectivity index (χ0v) is 10.5. The third-order valence-electron chi connectivity index (χ3n) is 2.11. The van der Waals surface area contributed by atoms with Crippen LogP contribution < -0.4 is 4.72 Å². The minimum Gasteiger partial charge on any atom is -0.274 e. The summed E-state index contributed by atoms with van der Waals surface area (Å²) in [5, 5.41) is 6.06. The molecule has 0 aliphatic heterocycles. The number of nitrogens with zero attached hydrogens (tertiary/aromatic N) is 2. The number of hydrogen-bond acceptors (Lipinski definition) is 4. The van der Waals surface area contributed by atoms with Gasteiger partial charge in [0.1, 0.15) is 10.6 Å². The van der Waals surface area contributed by atoms with E-state index in [1.165, 1.54) is 29.3 Å². The lowest BCUT2D eigenvalue weighted by atomic mass is 10.3. The van der Waals surface area contributed by atoms with Gasteiger partial charge in [-0.25, -0.2) is 13.1 Å². The van der Waals surface area contributed by atoms with Gasteiger partial charge in [-0.05, 0) is 18.5 Å². The van der Waals surface area contributed by atoms with Crippen molar-refractivity contribution in [2.45, 2.75) is 4.90 Å². The molecule has 2 rings (SSSR count). The van der Waals surface area contributed by atoms with Crippen LogP contribution in [0.2, 0.25) is 0 Å². The van der Waals surface area contributed by atoms with Crippen molar-refractivity contribution in [3.8, 4) is 10.6 Å². The van der Waals surface area contributed by atoms with Crippen molar-refractivity contribution in [1.29, 1.82) is 0 Å². The highest BCUT2D eigenvalue weighted by molar-refractivity contribution is 7.89. The highest BCUT2D eigenvalue weighted by Crippen LogP contribution is 2.28. The molecule has 2 aromatic heterocycles. The van der Waals surface area contributed by atoms with Crippen molar-refractivity contribution in [2.75, 3.05) is 7.05 Å². The summed E-state index contributed by atoms with van der Waals surface area (Å²) in [6.07, 6.45) is 1.50. The van der Waals surface area contributed by atoms with E-state index < -0.39 is 10.0 Å². The fraction of sp³-hybridized carbons (Fsp3) is 0.222. The van der Waals surface area contributed by atoms with Gasteiger partial charge in [0.15, 0.2) is 0 Å². The van der Waals surface area contributed by atoms with E-state index in [1.54, 1.807) is 7.05 Å². The number of nitrogens with one attached hydrogen (secondary N) is 1. The Morgan fingerprint density at radius 2 is 2.25 bits per heavy atom. The van der Waals surface area contributed by atoms with Crippen LogP contribution in [0.4, 0.5) is 0 Å². The highest BCUT2D eigenvalue weighted by Gasteiger charge is 2.21. The van der Waals surface area contributed by atoms with Crippen molar-refractivity contribution in [3.63, 3.8) is 0 Å². The zero-order valence-electron chi connectivity index (χ0n) is 8.84. The first kappa shape index (κ1) is 11.3. The van der Waals surface area contributed by atoms with Gasteiger partial charge >= 0.3 is 0 Å². The number of sulfonamides is 1. The molecule has 0 saturated carbocycles. The maximum Gasteiger partial charge on any atom is 0.244 e. The lowest BCUT2D eigenvalue weighted by molar-refractivity contribution is 0.588. The molecule has 0 aliphatic rings. The molecule has 7 heteroatoms. The van der Waals surface area contributed by atoms with Crippen molar-refractivity contribution < 1.29 is 8.42 Å². The second kappa shape index (κ2) is 4.00. The van der Waals surface area contributed by atoms with E-state index >= 15 is 0 Å². The maximum absolute atomic E-state index is 11.8. The van der Waals surface area contributed by atoms with E-state index in [0.717, 1.165) is 4.88 Å². The summed E-state index contributed by atoms with van der Waals surface area (Å²) in [5.74, 6) is 0. The molecule has 0 atom stereocenters. The van der Waals surface area contributed by atoms with Gasteiger partial charge < -0.3 is 0 Å². The summed E-state index contributed by atoms with van der Waals surface area (Å²) >= 11 is 1.46. The van der Waals surface area contributed by atoms with E-state index in [2.05, 4.69) is 9.82 Å². The van der Waals surface area contributed by atoms with Gasteiger partial charge in [0.05, 0.1) is 4.88 Å². The van der Waals surface area contributed by atoms with Crippen LogP contribution in [-0.2, 0) is 17.1 Å². The van der Waals surface area contributed by atoms with Gasteiger partial charge in [0, 0.05) is 13.2 Å². The number of aryl methyl sites for hydroxylation is 1. The standard InChI is InChI=1S/C9H11N3O2S2/c1-10-16(13,14)8-6-12(2)11-9(8)7-4-3-5-15-7/h3-6,10H,1-2H3. The normalized spacial score (nSPS) is 11.9. The number of hydrogen-bond donors (Lipinski definition) is 1. The quantitative estimate of drug-likeness (QED) is 0.894. The van der Waals surface area contributed by atoms with Crippen LogP contribution in [0.25, 0.3) is 10.6 Å². The monoisotopic (exact) mass is 257 g/mol. The average Bonchev–Trinajstić information content (AvgIpc) is 2.85. The summed E-state index contributed by atoms with van der Waals surface area (Å²) in [7, 11) is -0.371. The van der Waals surface area contributed by atoms with Crippen molar-refractivity contribution in [2.24, 2.45) is 7.05 Å². The van der Waals surface area contributed by atoms with Crippen LogP contribution in [0, 0.1) is 0 Å². The molecule has 0 saturated heterocycles. The summed E-state index contributed by atoms with van der Waals surface area (Å²) in [4.78, 5) is 1.05. The Morgan fingerprint density at radius 3 is 2.81 bits per heavy atom. The molecule has 5 nitrogen and oxygen atoms in total. The molecule has 0 amide bonds. The van der Waals surface area contributed by atoms with Gasteiger partial charge in [0.25, 0.3) is 0 Å². The Morgan fingerprint density at radius 1 is 1.50 bits per heavy atom. The van der Waals surface area contributed by atoms with E-state index in [1.807, 2.05) is 17.5 Å². The van der Waals surface area contributed by atoms with E-state index in [9.17, 15) is 8.42 Å². The molecule has 86 valence electrons. The molecule has 2 aromatic rings. The third-order valence-corrected chi connectivity index (χ3v) is 4.40. The van der Waals surface area contributed by atoms with Gasteiger partial charge in [-0.2, -0.15) is 5.10 Å². The fourth-order valence-corrected chi connectivity index (χ4v) is 3.06. The predicted octanol–water partition coefficient (Wildman–Crippen LogP) is 1.06. The van der Waals surface area contributed by atoms with Crippen molar-refractivity contribution in [3.05, 3.63) is 23.7 Å². The van der Waals surface area contributed by atoms with E-state index in [4.69, 9.17) is 0 Å². The first-order chi connectivity index (χ1) is 7.54. The average molecular weight is 257 g/mol. The Kier molecular flexibility index (Phi) is 2.83. The summed E-state index contributed by atoms with van der Waals surface area (Å²) in [6, 6.07) is 3.71. The summed E-state index contributed by atoms with van der Waals surface area (Å²) in [6.45, 7) is 0. The minimum atomic E-state index is -3.46. The molecule has 0 radical (unpaired) electrons. The molecule has 0 spiro atoms. The van der Waals surface area contributed by atoms with Crippen LogP contribution >= 0.6 is 11.3 Å². The molecule has 2 heterocycles. The smallest absolute Gasteiger partial charge is 0.244 e. The van der Waals surface area contributed by atoms with Crippen LogP contribution in [0.3, 0.4) is 0 Å². The summed E-state index contributed by atoms with van der Waals surface area (Å²) < 4.78 is 27.3. The second-order valence-corrected chi connectivity index (χ2v) is 6.00. The summed E-state index contributed by atoms with van der Waals surface area (Å²) in [5.41, 5.74) is 0.492. The molecular formula is C9H11N3O2S2. The molecule has 1 N–H and O–H groups in total. The van der Waals surface area contributed by atoms with E-state index in [0.29, 0.717) is 5.69 Å². The second-order valence-electron chi connectivity index (χ2n) is 3.20. The molecule has 0 unspecified atom stereocenters. The first-order valence-electron chi connectivity index (χ1n) is 4.55. The lowest BCUT2D eigenvalue weighted by Gasteiger charge is -2.00. The number of thiophene rings is 1. The van der Waals surface area contributed by atoms with Crippen molar-refractivity contribution in [1.82, 2.24) is 14.5 Å². The molecule has 0 bridgehead atoms. The van der Waals surface area contributed by atoms with E-state index in [-0.39, 0.29) is 4.90 Å². The molecule has 0 aromatic carbocycles. The van der Waals surface area contributed by atoms with Crippen molar-refractivity contribution >= 4 is 21.4 Å². The minimum absolute atomic E-state index is 0.208. The van der Waals surface area contributed by atoms with Crippen LogP contribution in [-0.4, -0.2) is 25.2 Å². The Labute approximate surface area is 97.8 Å². The van der Waals surface area contributed by atoms with Crippen LogP contribution in [0.5, 0.6) is 0 Å². The van der Waals surface area contributed by atoms with Crippen LogP contribution in [0.1, 0.15) is 0 Å². The number of rotatable bonds is 3. The Balaban J connectivity index is 2.64. The predicted molar refractivity (Wildman–Crippen MR) is 62.8 cm³/mol. The zero-order chi connectivity index (χ0) is 11.8. The van der Waals surface area contributed by atoms with Gasteiger partial charge in [-0.3, -0.25) is 4.68 Å². The third kappa shape index (κ3) is 1.89. The fourth-order valence-electron chi connectivity index (χ4n) is 1.36. The Bertz CT molecular complexity index is 584. The molecule has 16 heavy (non-hydrogen) atoms. The van der Waals surface area contributed by atoms with Gasteiger partial charge in [-0.1, -0.05) is 6.07 Å². The lowest BCUT2D eigenvalue weighted by Crippen LogP contribution is -2.18. The molecule has 0 fully saturated rings. The largest absolute Gasteiger partial charge is 0.274 e. The first-order valence-corrected chi connectivity index (χ1v) is 6.92. The molecule has 0 aliphatic carbocycles. The SMILES string of the molecule is CNS(=O)(=O)c1cn(C)nc1-c1cccs1. The highest BCUT2D eigenvalue weighted by atomic mass is 32.2. The van der Waals surface area contributed by atoms with Gasteiger partial charge in [0.2, 0.25) is 10.0 Å². The number of aromatic nitrogens is 2. The Hall–Kier alpha value is -1.18. The maximum atomic E-state index is 11.8. The molecular weight excluding hydrogens is 246 g/mol. The van der Waals surface area contributed by atoms with Crippen LogP contribution in [0.15, 0.2) is 28.6 Å².